The molecule has 0 aromatic rings. The maximum Gasteiger partial charge on any atom is 0.0728 e. The molecule has 2 aliphatic rings. The number of likely N-dealkylation sites (N-methyl/N-ethyl adjacent to an activating group) is 1. The van der Waals surface area contributed by atoms with E-state index >= 15 is 0 Å². The summed E-state index contributed by atoms with van der Waals surface area (Å²) in [5, 5.41) is 3.58. The summed E-state index contributed by atoms with van der Waals surface area (Å²) in [6, 6.07) is 0.559. The molecule has 3 heteroatoms. The minimum absolute atomic E-state index is 0.458. The second-order valence-electron chi connectivity index (χ2n) is 5.28. The summed E-state index contributed by atoms with van der Waals surface area (Å²) in [7, 11) is 0. The van der Waals surface area contributed by atoms with Gasteiger partial charge < -0.3 is 14.8 Å². The van der Waals surface area contributed by atoms with Crippen LogP contribution in [0.1, 0.15) is 51.9 Å². The van der Waals surface area contributed by atoms with Gasteiger partial charge in [-0.1, -0.05) is 6.92 Å². The highest BCUT2D eigenvalue weighted by atomic mass is 16.5. The molecule has 0 saturated carbocycles. The van der Waals surface area contributed by atoms with Gasteiger partial charge in [-0.15, -0.1) is 0 Å². The molecule has 100 valence electrons. The SMILES string of the molecule is CCNC(CCCC1CCCO1)C1CCCO1. The third-order valence-corrected chi connectivity index (χ3v) is 3.95. The normalized spacial score (nSPS) is 30.9. The van der Waals surface area contributed by atoms with E-state index in [1.54, 1.807) is 0 Å². The highest BCUT2D eigenvalue weighted by Crippen LogP contribution is 2.22. The molecule has 0 radical (unpaired) electrons. The Bertz CT molecular complexity index is 198. The second-order valence-corrected chi connectivity index (χ2v) is 5.28. The first kappa shape index (κ1) is 13.3. The molecule has 0 aromatic carbocycles. The van der Waals surface area contributed by atoms with Gasteiger partial charge >= 0.3 is 0 Å². The fourth-order valence-electron chi connectivity index (χ4n) is 3.04. The topological polar surface area (TPSA) is 30.5 Å². The Morgan fingerprint density at radius 1 is 1.18 bits per heavy atom. The molecule has 1 N–H and O–H groups in total. The van der Waals surface area contributed by atoms with E-state index in [-0.39, 0.29) is 0 Å². The Kier molecular flexibility index (Phi) is 5.75. The van der Waals surface area contributed by atoms with Crippen LogP contribution in [0.25, 0.3) is 0 Å². The molecule has 0 aliphatic carbocycles. The van der Waals surface area contributed by atoms with Gasteiger partial charge in [-0.25, -0.2) is 0 Å². The van der Waals surface area contributed by atoms with Gasteiger partial charge in [-0.05, 0) is 51.5 Å². The van der Waals surface area contributed by atoms with Gasteiger partial charge in [0.1, 0.15) is 0 Å². The molecule has 3 nitrogen and oxygen atoms in total. The number of hydrogen-bond acceptors (Lipinski definition) is 3. The average molecular weight is 241 g/mol. The molecule has 3 unspecified atom stereocenters. The van der Waals surface area contributed by atoms with Gasteiger partial charge in [0, 0.05) is 19.3 Å². The molecule has 2 fully saturated rings. The molecule has 0 aromatic heterocycles. The zero-order valence-corrected chi connectivity index (χ0v) is 11.1. The first-order valence-corrected chi connectivity index (χ1v) is 7.36. The summed E-state index contributed by atoms with van der Waals surface area (Å²) in [6.07, 6.45) is 9.73. The molecule has 17 heavy (non-hydrogen) atoms. The van der Waals surface area contributed by atoms with Crippen LogP contribution < -0.4 is 5.32 Å². The Balaban J connectivity index is 1.65. The molecule has 3 atom stereocenters. The molecule has 2 aliphatic heterocycles. The minimum Gasteiger partial charge on any atom is -0.378 e. The summed E-state index contributed by atoms with van der Waals surface area (Å²) in [6.45, 7) is 5.16. The molecule has 2 saturated heterocycles. The predicted molar refractivity (Wildman–Crippen MR) is 69.3 cm³/mol. The van der Waals surface area contributed by atoms with Crippen molar-refractivity contribution in [3.63, 3.8) is 0 Å². The molecule has 2 rings (SSSR count). The zero-order valence-electron chi connectivity index (χ0n) is 11.1. The Morgan fingerprint density at radius 3 is 2.65 bits per heavy atom. The lowest BCUT2D eigenvalue weighted by Crippen LogP contribution is -2.39. The van der Waals surface area contributed by atoms with Crippen LogP contribution in [0.5, 0.6) is 0 Å². The molecule has 0 spiro atoms. The van der Waals surface area contributed by atoms with Crippen molar-refractivity contribution in [1.29, 1.82) is 0 Å². The van der Waals surface area contributed by atoms with Crippen molar-refractivity contribution >= 4 is 0 Å². The highest BCUT2D eigenvalue weighted by molar-refractivity contribution is 4.80. The van der Waals surface area contributed by atoms with Crippen molar-refractivity contribution in [2.75, 3.05) is 19.8 Å². The van der Waals surface area contributed by atoms with Crippen molar-refractivity contribution in [3.8, 4) is 0 Å². The summed E-state index contributed by atoms with van der Waals surface area (Å²) in [5.41, 5.74) is 0. The van der Waals surface area contributed by atoms with E-state index in [2.05, 4.69) is 12.2 Å². The van der Waals surface area contributed by atoms with Gasteiger partial charge in [0.05, 0.1) is 12.2 Å². The van der Waals surface area contributed by atoms with E-state index in [0.29, 0.717) is 18.2 Å². The molecular formula is C14H27NO2. The van der Waals surface area contributed by atoms with E-state index in [1.165, 1.54) is 44.9 Å². The molecule has 0 amide bonds. The fourth-order valence-corrected chi connectivity index (χ4v) is 3.04. The van der Waals surface area contributed by atoms with E-state index in [0.717, 1.165) is 19.8 Å². The number of ether oxygens (including phenoxy) is 2. The third-order valence-electron chi connectivity index (χ3n) is 3.95. The van der Waals surface area contributed by atoms with Gasteiger partial charge in [0.15, 0.2) is 0 Å². The van der Waals surface area contributed by atoms with Crippen LogP contribution in [0, 0.1) is 0 Å². The molecular weight excluding hydrogens is 214 g/mol. The third kappa shape index (κ3) is 4.23. The fraction of sp³-hybridized carbons (Fsp3) is 1.00. The van der Waals surface area contributed by atoms with Crippen molar-refractivity contribution in [1.82, 2.24) is 5.32 Å². The summed E-state index contributed by atoms with van der Waals surface area (Å²) >= 11 is 0. The lowest BCUT2D eigenvalue weighted by atomic mass is 9.99. The molecule has 2 heterocycles. The van der Waals surface area contributed by atoms with Crippen LogP contribution in [-0.2, 0) is 9.47 Å². The summed E-state index contributed by atoms with van der Waals surface area (Å²) < 4.78 is 11.5. The Morgan fingerprint density at radius 2 is 2.00 bits per heavy atom. The van der Waals surface area contributed by atoms with Crippen LogP contribution >= 0.6 is 0 Å². The second kappa shape index (κ2) is 7.34. The standard InChI is InChI=1S/C14H27NO2/c1-2-15-13(14-9-5-11-17-14)8-3-6-12-7-4-10-16-12/h12-15H,2-11H2,1H3. The molecule has 0 bridgehead atoms. The van der Waals surface area contributed by atoms with Gasteiger partial charge in [0.2, 0.25) is 0 Å². The zero-order chi connectivity index (χ0) is 11.9. The first-order chi connectivity index (χ1) is 8.40. The van der Waals surface area contributed by atoms with Crippen molar-refractivity contribution in [3.05, 3.63) is 0 Å². The number of hydrogen-bond donors (Lipinski definition) is 1. The summed E-state index contributed by atoms with van der Waals surface area (Å²) in [4.78, 5) is 0. The van der Waals surface area contributed by atoms with Gasteiger partial charge in [-0.2, -0.15) is 0 Å². The van der Waals surface area contributed by atoms with E-state index in [1.807, 2.05) is 0 Å². The Hall–Kier alpha value is -0.120. The van der Waals surface area contributed by atoms with E-state index < -0.39 is 0 Å². The van der Waals surface area contributed by atoms with Crippen LogP contribution in [0.4, 0.5) is 0 Å². The highest BCUT2D eigenvalue weighted by Gasteiger charge is 2.25. The van der Waals surface area contributed by atoms with Crippen molar-refractivity contribution in [2.45, 2.75) is 70.1 Å². The summed E-state index contributed by atoms with van der Waals surface area (Å²) in [5.74, 6) is 0. The van der Waals surface area contributed by atoms with Crippen molar-refractivity contribution < 1.29 is 9.47 Å². The average Bonchev–Trinajstić information content (AvgIpc) is 3.01. The van der Waals surface area contributed by atoms with Crippen molar-refractivity contribution in [2.24, 2.45) is 0 Å². The van der Waals surface area contributed by atoms with Crippen LogP contribution in [-0.4, -0.2) is 38.0 Å². The smallest absolute Gasteiger partial charge is 0.0728 e. The lowest BCUT2D eigenvalue weighted by Gasteiger charge is -2.24. The van der Waals surface area contributed by atoms with Crippen LogP contribution in [0.3, 0.4) is 0 Å². The largest absolute Gasteiger partial charge is 0.378 e. The quantitative estimate of drug-likeness (QED) is 0.743. The lowest BCUT2D eigenvalue weighted by molar-refractivity contribution is 0.0699. The maximum atomic E-state index is 5.80. The number of nitrogens with one attached hydrogen (secondary N) is 1. The predicted octanol–water partition coefficient (Wildman–Crippen LogP) is 2.49. The maximum absolute atomic E-state index is 5.80. The van der Waals surface area contributed by atoms with Crippen LogP contribution in [0.2, 0.25) is 0 Å². The van der Waals surface area contributed by atoms with Gasteiger partial charge in [-0.3, -0.25) is 0 Å². The Labute approximate surface area is 105 Å². The van der Waals surface area contributed by atoms with E-state index in [4.69, 9.17) is 9.47 Å². The van der Waals surface area contributed by atoms with E-state index in [9.17, 15) is 0 Å². The van der Waals surface area contributed by atoms with Crippen LogP contribution in [0.15, 0.2) is 0 Å². The monoisotopic (exact) mass is 241 g/mol. The minimum atomic E-state index is 0.458. The number of rotatable bonds is 7. The van der Waals surface area contributed by atoms with Gasteiger partial charge in [0.25, 0.3) is 0 Å². The first-order valence-electron chi connectivity index (χ1n) is 7.36.